The predicted molar refractivity (Wildman–Crippen MR) is 91.9 cm³/mol. The van der Waals surface area contributed by atoms with Crippen LogP contribution in [0.2, 0.25) is 0 Å². The summed E-state index contributed by atoms with van der Waals surface area (Å²) in [5.74, 6) is -0.247. The van der Waals surface area contributed by atoms with Gasteiger partial charge in [0, 0.05) is 24.8 Å². The van der Waals surface area contributed by atoms with Crippen molar-refractivity contribution in [2.24, 2.45) is 0 Å². The van der Waals surface area contributed by atoms with E-state index in [-0.39, 0.29) is 17.5 Å². The van der Waals surface area contributed by atoms with Crippen molar-refractivity contribution in [3.63, 3.8) is 0 Å². The molecule has 23 heavy (non-hydrogen) atoms. The van der Waals surface area contributed by atoms with Gasteiger partial charge in [-0.1, -0.05) is 25.0 Å². The molecular formula is C19H23N3O. The van der Waals surface area contributed by atoms with Gasteiger partial charge < -0.3 is 10.2 Å². The van der Waals surface area contributed by atoms with Crippen molar-refractivity contribution >= 4 is 17.7 Å². The monoisotopic (exact) mass is 309 g/mol. The molecule has 1 aromatic carbocycles. The first-order chi connectivity index (χ1) is 11.3. The van der Waals surface area contributed by atoms with Gasteiger partial charge in [-0.2, -0.15) is 5.26 Å². The van der Waals surface area contributed by atoms with Gasteiger partial charge >= 0.3 is 0 Å². The van der Waals surface area contributed by atoms with Gasteiger partial charge in [-0.25, -0.2) is 0 Å². The lowest BCUT2D eigenvalue weighted by Gasteiger charge is -2.17. The summed E-state index contributed by atoms with van der Waals surface area (Å²) >= 11 is 0. The fraction of sp³-hybridized carbons (Fsp3) is 0.474. The molecule has 1 heterocycles. The summed E-state index contributed by atoms with van der Waals surface area (Å²) in [5.41, 5.74) is 2.30. The van der Waals surface area contributed by atoms with Crippen LogP contribution in [0.1, 0.15) is 44.1 Å². The minimum Gasteiger partial charge on any atom is -0.372 e. The summed E-state index contributed by atoms with van der Waals surface area (Å²) < 4.78 is 0. The smallest absolute Gasteiger partial charge is 0.262 e. The molecule has 1 aromatic rings. The van der Waals surface area contributed by atoms with E-state index in [0.717, 1.165) is 44.3 Å². The van der Waals surface area contributed by atoms with Gasteiger partial charge in [0.2, 0.25) is 0 Å². The Hall–Kier alpha value is -2.28. The van der Waals surface area contributed by atoms with Gasteiger partial charge in [-0.3, -0.25) is 4.79 Å². The van der Waals surface area contributed by atoms with Gasteiger partial charge in [0.05, 0.1) is 0 Å². The van der Waals surface area contributed by atoms with E-state index in [4.69, 9.17) is 0 Å². The summed E-state index contributed by atoms with van der Waals surface area (Å²) in [6.45, 7) is 2.23. The predicted octanol–water partition coefficient (Wildman–Crippen LogP) is 3.25. The molecule has 0 atom stereocenters. The minimum atomic E-state index is -0.247. The molecule has 2 aliphatic rings. The maximum absolute atomic E-state index is 12.2. The first kappa shape index (κ1) is 15.6. The van der Waals surface area contributed by atoms with Crippen LogP contribution in [0.4, 0.5) is 5.69 Å². The molecule has 120 valence electrons. The standard InChI is InChI=1S/C19H23N3O/c20-14-16(19(23)21-17-5-1-2-6-17)13-15-7-9-18(10-8-15)22-11-3-4-12-22/h7-10,13,17H,1-6,11-12H2,(H,21,23)/b16-13-. The summed E-state index contributed by atoms with van der Waals surface area (Å²) in [6, 6.07) is 10.4. The molecule has 3 rings (SSSR count). The van der Waals surface area contributed by atoms with Crippen molar-refractivity contribution < 1.29 is 4.79 Å². The van der Waals surface area contributed by atoms with Crippen LogP contribution in [-0.2, 0) is 4.79 Å². The number of nitriles is 1. The fourth-order valence-corrected chi connectivity index (χ4v) is 3.41. The van der Waals surface area contributed by atoms with Gasteiger partial charge in [-0.15, -0.1) is 0 Å². The number of carbonyl (C=O) groups is 1. The molecule has 0 radical (unpaired) electrons. The third-order valence-electron chi connectivity index (χ3n) is 4.73. The highest BCUT2D eigenvalue weighted by molar-refractivity contribution is 6.01. The number of hydrogen-bond donors (Lipinski definition) is 1. The molecule has 1 saturated heterocycles. The summed E-state index contributed by atoms with van der Waals surface area (Å²) in [6.07, 6.45) is 8.55. The van der Waals surface area contributed by atoms with Gasteiger partial charge in [0.1, 0.15) is 11.6 Å². The number of nitrogens with zero attached hydrogens (tertiary/aromatic N) is 2. The quantitative estimate of drug-likeness (QED) is 0.686. The summed E-state index contributed by atoms with van der Waals surface area (Å²) in [7, 11) is 0. The highest BCUT2D eigenvalue weighted by atomic mass is 16.1. The molecular weight excluding hydrogens is 286 g/mol. The highest BCUT2D eigenvalue weighted by Gasteiger charge is 2.19. The van der Waals surface area contributed by atoms with Crippen molar-refractivity contribution in [3.8, 4) is 6.07 Å². The third kappa shape index (κ3) is 3.92. The van der Waals surface area contributed by atoms with Crippen LogP contribution in [0.3, 0.4) is 0 Å². The SMILES string of the molecule is N#C/C(=C/c1ccc(N2CCCC2)cc1)C(=O)NC1CCCC1. The van der Waals surface area contributed by atoms with Crippen LogP contribution in [0.15, 0.2) is 29.8 Å². The van der Waals surface area contributed by atoms with E-state index in [1.807, 2.05) is 18.2 Å². The largest absolute Gasteiger partial charge is 0.372 e. The maximum Gasteiger partial charge on any atom is 0.262 e. The number of amides is 1. The van der Waals surface area contributed by atoms with Crippen molar-refractivity contribution in [2.45, 2.75) is 44.6 Å². The van der Waals surface area contributed by atoms with Crippen LogP contribution in [0.5, 0.6) is 0 Å². The Morgan fingerprint density at radius 1 is 1.13 bits per heavy atom. The highest BCUT2D eigenvalue weighted by Crippen LogP contribution is 2.22. The lowest BCUT2D eigenvalue weighted by Crippen LogP contribution is -2.33. The van der Waals surface area contributed by atoms with E-state index in [0.29, 0.717) is 0 Å². The summed E-state index contributed by atoms with van der Waals surface area (Å²) in [5, 5.41) is 12.2. The van der Waals surface area contributed by atoms with E-state index in [9.17, 15) is 10.1 Å². The van der Waals surface area contributed by atoms with E-state index in [2.05, 4.69) is 22.3 Å². The molecule has 0 unspecified atom stereocenters. The van der Waals surface area contributed by atoms with Crippen molar-refractivity contribution in [3.05, 3.63) is 35.4 Å². The van der Waals surface area contributed by atoms with E-state index in [1.165, 1.54) is 18.5 Å². The second-order valence-corrected chi connectivity index (χ2v) is 6.41. The number of rotatable bonds is 4. The Labute approximate surface area is 137 Å². The zero-order valence-corrected chi connectivity index (χ0v) is 13.4. The molecule has 1 aliphatic carbocycles. The first-order valence-electron chi connectivity index (χ1n) is 8.54. The number of hydrogen-bond acceptors (Lipinski definition) is 3. The van der Waals surface area contributed by atoms with Gasteiger partial charge in [0.25, 0.3) is 5.91 Å². The lowest BCUT2D eigenvalue weighted by atomic mass is 10.1. The van der Waals surface area contributed by atoms with Crippen molar-refractivity contribution in [2.75, 3.05) is 18.0 Å². The van der Waals surface area contributed by atoms with E-state index in [1.54, 1.807) is 6.08 Å². The minimum absolute atomic E-state index is 0.186. The Morgan fingerprint density at radius 3 is 2.39 bits per heavy atom. The number of benzene rings is 1. The molecule has 1 N–H and O–H groups in total. The Morgan fingerprint density at radius 2 is 1.78 bits per heavy atom. The Kier molecular flexibility index (Phi) is 4.97. The molecule has 4 heteroatoms. The second kappa shape index (κ2) is 7.32. The average molecular weight is 309 g/mol. The average Bonchev–Trinajstić information content (AvgIpc) is 3.26. The fourth-order valence-electron chi connectivity index (χ4n) is 3.41. The Bertz CT molecular complexity index is 615. The molecule has 1 amide bonds. The van der Waals surface area contributed by atoms with Crippen molar-refractivity contribution in [1.82, 2.24) is 5.32 Å². The van der Waals surface area contributed by atoms with Crippen LogP contribution in [0.25, 0.3) is 6.08 Å². The van der Waals surface area contributed by atoms with Crippen molar-refractivity contribution in [1.29, 1.82) is 5.26 Å². The van der Waals surface area contributed by atoms with Crippen LogP contribution in [0, 0.1) is 11.3 Å². The normalized spacial score (nSPS) is 18.9. The maximum atomic E-state index is 12.2. The van der Waals surface area contributed by atoms with Crippen LogP contribution >= 0.6 is 0 Å². The molecule has 1 aliphatic heterocycles. The molecule has 1 saturated carbocycles. The van der Waals surface area contributed by atoms with Crippen LogP contribution < -0.4 is 10.2 Å². The molecule has 2 fully saturated rings. The third-order valence-corrected chi connectivity index (χ3v) is 4.73. The molecule has 0 bridgehead atoms. The number of anilines is 1. The summed E-state index contributed by atoms with van der Waals surface area (Å²) in [4.78, 5) is 14.6. The molecule has 0 spiro atoms. The Balaban J connectivity index is 1.67. The zero-order chi connectivity index (χ0) is 16.1. The van der Waals surface area contributed by atoms with Gasteiger partial charge in [-0.05, 0) is 49.5 Å². The van der Waals surface area contributed by atoms with E-state index < -0.39 is 0 Å². The first-order valence-corrected chi connectivity index (χ1v) is 8.54. The molecule has 4 nitrogen and oxygen atoms in total. The zero-order valence-electron chi connectivity index (χ0n) is 13.4. The topological polar surface area (TPSA) is 56.1 Å². The number of nitrogens with one attached hydrogen (secondary N) is 1. The number of carbonyl (C=O) groups excluding carboxylic acids is 1. The van der Waals surface area contributed by atoms with E-state index >= 15 is 0 Å². The van der Waals surface area contributed by atoms with Crippen LogP contribution in [-0.4, -0.2) is 25.0 Å². The second-order valence-electron chi connectivity index (χ2n) is 6.41. The molecule has 0 aromatic heterocycles. The lowest BCUT2D eigenvalue weighted by molar-refractivity contribution is -0.117. The van der Waals surface area contributed by atoms with Gasteiger partial charge in [0.15, 0.2) is 0 Å².